The molecule has 2 atom stereocenters. The van der Waals surface area contributed by atoms with Crippen LogP contribution in [0.4, 0.5) is 0 Å². The molecule has 2 rings (SSSR count). The molecule has 2 N–H and O–H groups in total. The number of aliphatic hydroxyl groups excluding tert-OH is 2. The molecule has 0 radical (unpaired) electrons. The van der Waals surface area contributed by atoms with E-state index in [1.165, 1.54) is 0 Å². The van der Waals surface area contributed by atoms with Gasteiger partial charge in [0.15, 0.2) is 9.84 Å². The monoisotopic (exact) mass is 299 g/mol. The highest BCUT2D eigenvalue weighted by Crippen LogP contribution is 2.20. The highest BCUT2D eigenvalue weighted by atomic mass is 32.2. The Labute approximate surface area is 119 Å². The van der Waals surface area contributed by atoms with Crippen LogP contribution >= 0.6 is 0 Å². The van der Waals surface area contributed by atoms with Gasteiger partial charge in [0.25, 0.3) is 0 Å². The second-order valence-electron chi connectivity index (χ2n) is 5.31. The minimum Gasteiger partial charge on any atom is -0.394 e. The molecule has 20 heavy (non-hydrogen) atoms. The molecular formula is C14H21NO4S. The molecule has 1 fully saturated rings. The number of hydrogen-bond donors (Lipinski definition) is 2. The van der Waals surface area contributed by atoms with Crippen molar-refractivity contribution in [2.45, 2.75) is 25.1 Å². The predicted molar refractivity (Wildman–Crippen MR) is 77.0 cm³/mol. The highest BCUT2D eigenvalue weighted by molar-refractivity contribution is 7.91. The fourth-order valence-electron chi connectivity index (χ4n) is 2.55. The van der Waals surface area contributed by atoms with Crippen LogP contribution in [-0.4, -0.2) is 60.3 Å². The minimum atomic E-state index is -2.96. The molecule has 0 aromatic heterocycles. The van der Waals surface area contributed by atoms with Crippen molar-refractivity contribution in [3.8, 4) is 0 Å². The van der Waals surface area contributed by atoms with Gasteiger partial charge in [-0.25, -0.2) is 8.42 Å². The second kappa shape index (κ2) is 6.67. The lowest BCUT2D eigenvalue weighted by Crippen LogP contribution is -2.41. The van der Waals surface area contributed by atoms with Crippen LogP contribution in [-0.2, 0) is 16.4 Å². The number of nitrogens with zero attached hydrogens (tertiary/aromatic N) is 1. The molecule has 6 heteroatoms. The zero-order valence-electron chi connectivity index (χ0n) is 11.4. The molecule has 0 spiro atoms. The van der Waals surface area contributed by atoms with Crippen molar-refractivity contribution in [2.24, 2.45) is 0 Å². The summed E-state index contributed by atoms with van der Waals surface area (Å²) in [7, 11) is -2.96. The van der Waals surface area contributed by atoms with Gasteiger partial charge < -0.3 is 10.2 Å². The third kappa shape index (κ3) is 4.28. The van der Waals surface area contributed by atoms with Crippen LogP contribution in [0.5, 0.6) is 0 Å². The maximum atomic E-state index is 11.6. The quantitative estimate of drug-likeness (QED) is 0.775. The van der Waals surface area contributed by atoms with Crippen LogP contribution in [0.25, 0.3) is 0 Å². The summed E-state index contributed by atoms with van der Waals surface area (Å²) in [4.78, 5) is 1.96. The first-order valence-electron chi connectivity index (χ1n) is 6.77. The van der Waals surface area contributed by atoms with Crippen molar-refractivity contribution in [3.63, 3.8) is 0 Å². The molecule has 0 bridgehead atoms. The van der Waals surface area contributed by atoms with Crippen molar-refractivity contribution in [2.75, 3.05) is 24.7 Å². The molecule has 1 aliphatic rings. The van der Waals surface area contributed by atoms with E-state index in [0.717, 1.165) is 5.56 Å². The van der Waals surface area contributed by atoms with Crippen LogP contribution < -0.4 is 0 Å². The second-order valence-corrected chi connectivity index (χ2v) is 7.54. The molecule has 112 valence electrons. The molecule has 5 nitrogen and oxygen atoms in total. The van der Waals surface area contributed by atoms with Crippen LogP contribution in [0.15, 0.2) is 30.3 Å². The van der Waals surface area contributed by atoms with Gasteiger partial charge in [-0.2, -0.15) is 0 Å². The Bertz CT molecular complexity index is 517. The van der Waals surface area contributed by atoms with Gasteiger partial charge in [0.05, 0.1) is 24.2 Å². The van der Waals surface area contributed by atoms with E-state index in [0.29, 0.717) is 13.0 Å². The Hall–Kier alpha value is -0.950. The van der Waals surface area contributed by atoms with Crippen LogP contribution in [0.2, 0.25) is 0 Å². The van der Waals surface area contributed by atoms with E-state index < -0.39 is 15.9 Å². The topological polar surface area (TPSA) is 77.8 Å². The molecular weight excluding hydrogens is 278 g/mol. The van der Waals surface area contributed by atoms with E-state index in [1.54, 1.807) is 0 Å². The van der Waals surface area contributed by atoms with Crippen molar-refractivity contribution in [1.82, 2.24) is 4.90 Å². The largest absolute Gasteiger partial charge is 0.394 e. The summed E-state index contributed by atoms with van der Waals surface area (Å²) in [5, 5.41) is 18.7. The molecule has 0 amide bonds. The summed E-state index contributed by atoms with van der Waals surface area (Å²) < 4.78 is 23.2. The van der Waals surface area contributed by atoms with Gasteiger partial charge in [0.1, 0.15) is 0 Å². The van der Waals surface area contributed by atoms with E-state index >= 15 is 0 Å². The SMILES string of the molecule is O=S1(=O)CC[C@H](N(Cc2ccccc2)C[C@H](O)CO)C1. The Morgan fingerprint density at radius 3 is 2.55 bits per heavy atom. The Morgan fingerprint density at radius 1 is 1.30 bits per heavy atom. The van der Waals surface area contributed by atoms with Crippen molar-refractivity contribution < 1.29 is 18.6 Å². The van der Waals surface area contributed by atoms with E-state index in [9.17, 15) is 13.5 Å². The van der Waals surface area contributed by atoms with Gasteiger partial charge in [0, 0.05) is 19.1 Å². The zero-order valence-corrected chi connectivity index (χ0v) is 12.2. The molecule has 1 saturated heterocycles. The van der Waals surface area contributed by atoms with E-state index in [-0.39, 0.29) is 30.7 Å². The molecule has 1 aromatic carbocycles. The van der Waals surface area contributed by atoms with E-state index in [1.807, 2.05) is 35.2 Å². The minimum absolute atomic E-state index is 0.0820. The molecule has 0 saturated carbocycles. The lowest BCUT2D eigenvalue weighted by atomic mass is 10.1. The van der Waals surface area contributed by atoms with Crippen LogP contribution in [0, 0.1) is 0 Å². The smallest absolute Gasteiger partial charge is 0.151 e. The van der Waals surface area contributed by atoms with Crippen molar-refractivity contribution in [3.05, 3.63) is 35.9 Å². The van der Waals surface area contributed by atoms with Crippen LogP contribution in [0.3, 0.4) is 0 Å². The number of hydrogen-bond acceptors (Lipinski definition) is 5. The fourth-order valence-corrected chi connectivity index (χ4v) is 4.31. The van der Waals surface area contributed by atoms with Gasteiger partial charge in [-0.3, -0.25) is 4.90 Å². The third-order valence-corrected chi connectivity index (χ3v) is 5.36. The lowest BCUT2D eigenvalue weighted by Gasteiger charge is -2.29. The summed E-state index contributed by atoms with van der Waals surface area (Å²) in [6.07, 6.45) is -0.255. The first kappa shape index (κ1) is 15.4. The van der Waals surface area contributed by atoms with Crippen molar-refractivity contribution >= 4 is 9.84 Å². The normalized spacial score (nSPS) is 23.1. The number of aliphatic hydroxyl groups is 2. The maximum Gasteiger partial charge on any atom is 0.151 e. The zero-order chi connectivity index (χ0) is 14.6. The molecule has 1 aliphatic heterocycles. The predicted octanol–water partition coefficient (Wildman–Crippen LogP) is 0.0289. The van der Waals surface area contributed by atoms with Gasteiger partial charge >= 0.3 is 0 Å². The first-order valence-corrected chi connectivity index (χ1v) is 8.59. The van der Waals surface area contributed by atoms with Gasteiger partial charge in [0.2, 0.25) is 0 Å². The standard InChI is InChI=1S/C14H21NO4S/c16-10-14(17)9-15(8-12-4-2-1-3-5-12)13-6-7-20(18,19)11-13/h1-5,13-14,16-17H,6-11H2/t13-,14-/m0/s1. The van der Waals surface area contributed by atoms with Gasteiger partial charge in [-0.05, 0) is 12.0 Å². The average Bonchev–Trinajstić information content (AvgIpc) is 2.79. The number of rotatable bonds is 6. The van der Waals surface area contributed by atoms with Crippen LogP contribution in [0.1, 0.15) is 12.0 Å². The van der Waals surface area contributed by atoms with Crippen molar-refractivity contribution in [1.29, 1.82) is 0 Å². The lowest BCUT2D eigenvalue weighted by molar-refractivity contribution is 0.0447. The Kier molecular flexibility index (Phi) is 5.15. The molecule has 1 aromatic rings. The molecule has 1 heterocycles. The van der Waals surface area contributed by atoms with E-state index in [4.69, 9.17) is 5.11 Å². The summed E-state index contributed by atoms with van der Waals surface area (Å²) in [6.45, 7) is 0.550. The third-order valence-electron chi connectivity index (χ3n) is 3.61. The summed E-state index contributed by atoms with van der Waals surface area (Å²) >= 11 is 0. The van der Waals surface area contributed by atoms with Gasteiger partial charge in [-0.1, -0.05) is 30.3 Å². The maximum absolute atomic E-state index is 11.6. The highest BCUT2D eigenvalue weighted by Gasteiger charge is 2.32. The average molecular weight is 299 g/mol. The van der Waals surface area contributed by atoms with Gasteiger partial charge in [-0.15, -0.1) is 0 Å². The first-order chi connectivity index (χ1) is 9.50. The Balaban J connectivity index is 2.08. The Morgan fingerprint density at radius 2 is 2.00 bits per heavy atom. The number of benzene rings is 1. The molecule has 0 unspecified atom stereocenters. The summed E-state index contributed by atoms with van der Waals surface area (Å²) in [5.41, 5.74) is 1.07. The molecule has 0 aliphatic carbocycles. The van der Waals surface area contributed by atoms with E-state index in [2.05, 4.69) is 0 Å². The summed E-state index contributed by atoms with van der Waals surface area (Å²) in [5.74, 6) is 0.343. The fraction of sp³-hybridized carbons (Fsp3) is 0.571. The number of sulfone groups is 1. The summed E-state index contributed by atoms with van der Waals surface area (Å²) in [6, 6.07) is 9.66.